The zero-order valence-corrected chi connectivity index (χ0v) is 33.7. The van der Waals surface area contributed by atoms with Crippen molar-refractivity contribution in [2.45, 2.75) is 52.7 Å². The first kappa shape index (κ1) is 45.9. The summed E-state index contributed by atoms with van der Waals surface area (Å²) in [6.45, 7) is 16.3. The molecule has 2 aliphatic rings. The Balaban J connectivity index is 0.000000314. The summed E-state index contributed by atoms with van der Waals surface area (Å²) in [6.07, 6.45) is -0.555. The minimum absolute atomic E-state index is 0.0220. The van der Waals surface area contributed by atoms with Crippen LogP contribution in [0.25, 0.3) is 0 Å². The molecule has 2 saturated heterocycles. The number of rotatable bonds is 5. The lowest BCUT2D eigenvalue weighted by molar-refractivity contribution is 0.0222. The summed E-state index contributed by atoms with van der Waals surface area (Å²) in [4.78, 5) is 83.2. The predicted octanol–water partition coefficient (Wildman–Crippen LogP) is 3.85. The lowest BCUT2D eigenvalue weighted by atomic mass is 10.2. The monoisotopic (exact) mass is 794 g/mol. The lowest BCUT2D eigenvalue weighted by Gasteiger charge is -2.36. The second-order valence-electron chi connectivity index (χ2n) is 13.7. The molecule has 19 heteroatoms. The highest BCUT2D eigenvalue weighted by Gasteiger charge is 2.28. The highest BCUT2D eigenvalue weighted by atomic mass is 35.5. The summed E-state index contributed by atoms with van der Waals surface area (Å²) in [5.74, 6) is -2.27. The standard InChI is InChI=1S/C18H25N3O6.C9H8ClNO4.C9H18N2O2/c1-18(2,3)27-17(24)21-10-8-20(9-11-21)13-7-6-12(15(22)25-4)14(19-13)16(23)26-5;1-14-8(12)5-3-4-6(10)11-7(5)9(13)15-2;1-9(2,3)13-8(12)11-6-4-10-5-7-11/h6-7H,8-11H2,1-5H3;3-4H,1-2H3;10H,4-7H2,1-3H3. The number of esters is 4. The van der Waals surface area contributed by atoms with Crippen molar-refractivity contribution < 1.29 is 57.2 Å². The van der Waals surface area contributed by atoms with E-state index >= 15 is 0 Å². The zero-order valence-electron chi connectivity index (χ0n) is 33.0. The molecule has 2 aromatic heterocycles. The van der Waals surface area contributed by atoms with Gasteiger partial charge in [0.25, 0.3) is 0 Å². The molecule has 2 amide bonds. The van der Waals surface area contributed by atoms with Gasteiger partial charge in [0.2, 0.25) is 0 Å². The maximum absolute atomic E-state index is 12.1. The van der Waals surface area contributed by atoms with Gasteiger partial charge in [-0.2, -0.15) is 0 Å². The van der Waals surface area contributed by atoms with Crippen molar-refractivity contribution in [2.24, 2.45) is 0 Å². The van der Waals surface area contributed by atoms with Gasteiger partial charge in [0.15, 0.2) is 11.4 Å². The first-order chi connectivity index (χ1) is 25.7. The van der Waals surface area contributed by atoms with Gasteiger partial charge >= 0.3 is 36.1 Å². The first-order valence-corrected chi connectivity index (χ1v) is 17.5. The predicted molar refractivity (Wildman–Crippen MR) is 200 cm³/mol. The van der Waals surface area contributed by atoms with E-state index in [9.17, 15) is 28.8 Å². The molecule has 0 saturated carbocycles. The van der Waals surface area contributed by atoms with E-state index in [0.29, 0.717) is 32.0 Å². The summed E-state index contributed by atoms with van der Waals surface area (Å²) in [5, 5.41) is 3.28. The molecule has 0 atom stereocenters. The number of carbonyl (C=O) groups excluding carboxylic acids is 6. The van der Waals surface area contributed by atoms with Crippen molar-refractivity contribution in [3.8, 4) is 0 Å². The number of hydrogen-bond acceptors (Lipinski definition) is 16. The van der Waals surface area contributed by atoms with Crippen LogP contribution in [0.4, 0.5) is 15.4 Å². The minimum Gasteiger partial charge on any atom is -0.465 e. The molecular formula is C36H51ClN6O12. The smallest absolute Gasteiger partial charge is 0.410 e. The van der Waals surface area contributed by atoms with Crippen molar-refractivity contribution >= 4 is 53.5 Å². The number of hydrogen-bond donors (Lipinski definition) is 1. The number of carbonyl (C=O) groups is 6. The van der Waals surface area contributed by atoms with E-state index in [-0.39, 0.29) is 45.5 Å². The summed E-state index contributed by atoms with van der Waals surface area (Å²) in [7, 11) is 4.84. The molecule has 0 bridgehead atoms. The molecule has 0 aromatic carbocycles. The maximum atomic E-state index is 12.1. The van der Waals surface area contributed by atoms with E-state index in [2.05, 4.69) is 29.5 Å². The molecule has 1 N–H and O–H groups in total. The first-order valence-electron chi connectivity index (χ1n) is 17.2. The van der Waals surface area contributed by atoms with Crippen molar-refractivity contribution in [1.29, 1.82) is 0 Å². The third kappa shape index (κ3) is 14.8. The fraction of sp³-hybridized carbons (Fsp3) is 0.556. The van der Waals surface area contributed by atoms with Gasteiger partial charge in [-0.3, -0.25) is 0 Å². The Labute approximate surface area is 325 Å². The van der Waals surface area contributed by atoms with Gasteiger partial charge in [-0.15, -0.1) is 0 Å². The number of nitrogens with one attached hydrogen (secondary N) is 1. The van der Waals surface area contributed by atoms with Crippen molar-refractivity contribution in [3.05, 3.63) is 51.9 Å². The van der Waals surface area contributed by atoms with Crippen molar-refractivity contribution in [1.82, 2.24) is 25.1 Å². The van der Waals surface area contributed by atoms with Crippen LogP contribution in [0, 0.1) is 0 Å². The molecule has 2 aromatic rings. The highest BCUT2D eigenvalue weighted by Crippen LogP contribution is 2.20. The molecule has 0 spiro atoms. The topological polar surface area (TPSA) is 205 Å². The van der Waals surface area contributed by atoms with E-state index in [4.69, 9.17) is 25.8 Å². The Bertz CT molecular complexity index is 1660. The Hall–Kier alpha value is -5.23. The Morgan fingerprint density at radius 2 is 0.982 bits per heavy atom. The zero-order chi connectivity index (χ0) is 41.5. The third-order valence-electron chi connectivity index (χ3n) is 7.33. The summed E-state index contributed by atoms with van der Waals surface area (Å²) < 4.78 is 28.9. The molecule has 0 unspecified atom stereocenters. The van der Waals surface area contributed by atoms with Crippen LogP contribution in [0.3, 0.4) is 0 Å². The summed E-state index contributed by atoms with van der Waals surface area (Å²) >= 11 is 5.59. The van der Waals surface area contributed by atoms with Crippen LogP contribution < -0.4 is 10.2 Å². The van der Waals surface area contributed by atoms with Gasteiger partial charge in [0, 0.05) is 52.4 Å². The fourth-order valence-electron chi connectivity index (χ4n) is 4.73. The van der Waals surface area contributed by atoms with Crippen molar-refractivity contribution in [2.75, 3.05) is 85.7 Å². The number of piperazine rings is 2. The molecule has 304 valence electrons. The molecule has 0 aliphatic carbocycles. The lowest BCUT2D eigenvalue weighted by Crippen LogP contribution is -2.50. The van der Waals surface area contributed by atoms with Gasteiger partial charge < -0.3 is 48.4 Å². The normalized spacial score (nSPS) is 14.1. The molecule has 0 radical (unpaired) electrons. The molecular weight excluding hydrogens is 744 g/mol. The molecule has 55 heavy (non-hydrogen) atoms. The fourth-order valence-corrected chi connectivity index (χ4v) is 4.88. The van der Waals surface area contributed by atoms with Crippen LogP contribution in [0.1, 0.15) is 83.2 Å². The second-order valence-corrected chi connectivity index (χ2v) is 14.1. The number of nitrogens with zero attached hydrogens (tertiary/aromatic N) is 5. The van der Waals surface area contributed by atoms with E-state index in [1.54, 1.807) is 15.9 Å². The summed E-state index contributed by atoms with van der Waals surface area (Å²) in [5.41, 5.74) is -1.13. The highest BCUT2D eigenvalue weighted by molar-refractivity contribution is 6.29. The molecule has 2 aliphatic heterocycles. The van der Waals surface area contributed by atoms with Gasteiger partial charge in [0.1, 0.15) is 22.2 Å². The molecule has 4 rings (SSSR count). The Kier molecular flexibility index (Phi) is 17.5. The number of aromatic nitrogens is 2. The number of amides is 2. The largest absolute Gasteiger partial charge is 0.465 e. The quantitative estimate of drug-likeness (QED) is 0.259. The van der Waals surface area contributed by atoms with E-state index in [1.165, 1.54) is 46.6 Å². The minimum atomic E-state index is -0.738. The summed E-state index contributed by atoms with van der Waals surface area (Å²) in [6, 6.07) is 5.87. The maximum Gasteiger partial charge on any atom is 0.410 e. The number of pyridine rings is 2. The van der Waals surface area contributed by atoms with Crippen LogP contribution in [-0.4, -0.2) is 148 Å². The van der Waals surface area contributed by atoms with Crippen LogP contribution in [0.2, 0.25) is 5.15 Å². The molecule has 2 fully saturated rings. The SMILES string of the molecule is CC(C)(C)OC(=O)N1CCNCC1.COC(=O)c1ccc(Cl)nc1C(=O)OC.COC(=O)c1ccc(N2CCN(C(=O)OC(C)(C)C)CC2)nc1C(=O)OC. The van der Waals surface area contributed by atoms with Crippen LogP contribution in [0.5, 0.6) is 0 Å². The average molecular weight is 795 g/mol. The third-order valence-corrected chi connectivity index (χ3v) is 7.54. The van der Waals surface area contributed by atoms with E-state index < -0.39 is 29.5 Å². The number of methoxy groups -OCH3 is 4. The van der Waals surface area contributed by atoms with Crippen LogP contribution in [0.15, 0.2) is 24.3 Å². The van der Waals surface area contributed by atoms with Gasteiger partial charge in [-0.1, -0.05) is 11.6 Å². The molecule has 18 nitrogen and oxygen atoms in total. The molecule has 4 heterocycles. The van der Waals surface area contributed by atoms with Crippen LogP contribution in [-0.2, 0) is 28.4 Å². The number of ether oxygens (including phenoxy) is 6. The Morgan fingerprint density at radius 1 is 0.582 bits per heavy atom. The number of anilines is 1. The average Bonchev–Trinajstić information content (AvgIpc) is 3.16. The van der Waals surface area contributed by atoms with E-state index in [0.717, 1.165) is 26.2 Å². The van der Waals surface area contributed by atoms with E-state index in [1.807, 2.05) is 46.4 Å². The van der Waals surface area contributed by atoms with Gasteiger partial charge in [-0.25, -0.2) is 38.7 Å². The van der Waals surface area contributed by atoms with Gasteiger partial charge in [0.05, 0.1) is 39.6 Å². The van der Waals surface area contributed by atoms with Gasteiger partial charge in [-0.05, 0) is 65.8 Å². The Morgan fingerprint density at radius 3 is 1.40 bits per heavy atom. The number of halogens is 1. The second kappa shape index (κ2) is 21.0. The van der Waals surface area contributed by atoms with Crippen LogP contribution >= 0.6 is 11.6 Å². The van der Waals surface area contributed by atoms with Crippen molar-refractivity contribution in [3.63, 3.8) is 0 Å².